The molecule has 0 saturated heterocycles. The molecule has 0 bridgehead atoms. The van der Waals surface area contributed by atoms with E-state index in [4.69, 9.17) is 21.2 Å². The van der Waals surface area contributed by atoms with E-state index < -0.39 is 5.97 Å². The quantitative estimate of drug-likeness (QED) is 0.727. The van der Waals surface area contributed by atoms with Crippen LogP contribution in [0, 0.1) is 0 Å². The molecular formula is C15H14ClN3O3S. The molecule has 3 heterocycles. The Hall–Kier alpha value is -2.12. The van der Waals surface area contributed by atoms with Crippen LogP contribution >= 0.6 is 22.9 Å². The molecule has 0 unspecified atom stereocenters. The number of hydrogen-bond acceptors (Lipinski definition) is 5. The summed E-state index contributed by atoms with van der Waals surface area (Å²) in [5.41, 5.74) is 1.60. The molecule has 0 aliphatic carbocycles. The van der Waals surface area contributed by atoms with E-state index in [9.17, 15) is 4.79 Å². The molecule has 0 fully saturated rings. The van der Waals surface area contributed by atoms with E-state index in [1.807, 2.05) is 19.1 Å². The molecule has 6 nitrogen and oxygen atoms in total. The molecule has 3 aromatic rings. The van der Waals surface area contributed by atoms with Gasteiger partial charge in [0, 0.05) is 11.8 Å². The predicted octanol–water partition coefficient (Wildman–Crippen LogP) is 3.95. The van der Waals surface area contributed by atoms with Crippen molar-refractivity contribution in [2.24, 2.45) is 0 Å². The van der Waals surface area contributed by atoms with Crippen molar-refractivity contribution in [3.05, 3.63) is 45.7 Å². The largest absolute Gasteiger partial charge is 0.476 e. The summed E-state index contributed by atoms with van der Waals surface area (Å²) < 4.78 is 7.68. The van der Waals surface area contributed by atoms with Crippen LogP contribution in [0.15, 0.2) is 28.8 Å². The first kappa shape index (κ1) is 15.8. The van der Waals surface area contributed by atoms with Gasteiger partial charge in [0.25, 0.3) is 0 Å². The van der Waals surface area contributed by atoms with Gasteiger partial charge in [-0.15, -0.1) is 11.3 Å². The van der Waals surface area contributed by atoms with Gasteiger partial charge in [0.05, 0.1) is 15.8 Å². The van der Waals surface area contributed by atoms with Gasteiger partial charge in [-0.3, -0.25) is 4.68 Å². The van der Waals surface area contributed by atoms with Crippen LogP contribution in [-0.4, -0.2) is 26.0 Å². The SMILES string of the molecule is CCCc1cc(C(=O)O)nn1Cc1cc(-c2ccc(Cl)s2)on1. The zero-order valence-corrected chi connectivity index (χ0v) is 13.9. The molecule has 0 saturated carbocycles. The molecule has 23 heavy (non-hydrogen) atoms. The number of thiophene rings is 1. The number of aromatic carboxylic acids is 1. The first-order valence-corrected chi connectivity index (χ1v) is 8.27. The molecule has 3 aromatic heterocycles. The molecule has 0 radical (unpaired) electrons. The third kappa shape index (κ3) is 3.46. The van der Waals surface area contributed by atoms with Crippen LogP contribution in [0.3, 0.4) is 0 Å². The van der Waals surface area contributed by atoms with Gasteiger partial charge in [0.1, 0.15) is 5.69 Å². The van der Waals surface area contributed by atoms with Gasteiger partial charge in [-0.05, 0) is 24.6 Å². The maximum absolute atomic E-state index is 11.1. The number of nitrogens with zero attached hydrogens (tertiary/aromatic N) is 3. The van der Waals surface area contributed by atoms with Gasteiger partial charge < -0.3 is 9.63 Å². The van der Waals surface area contributed by atoms with Gasteiger partial charge in [-0.25, -0.2) is 4.79 Å². The first-order chi connectivity index (χ1) is 11.1. The highest BCUT2D eigenvalue weighted by molar-refractivity contribution is 7.19. The maximum Gasteiger partial charge on any atom is 0.356 e. The Kier molecular flexibility index (Phi) is 4.49. The number of carbonyl (C=O) groups is 1. The second kappa shape index (κ2) is 6.55. The molecule has 0 aliphatic heterocycles. The highest BCUT2D eigenvalue weighted by atomic mass is 35.5. The molecule has 0 spiro atoms. The highest BCUT2D eigenvalue weighted by Crippen LogP contribution is 2.31. The fourth-order valence-corrected chi connectivity index (χ4v) is 3.25. The number of rotatable bonds is 6. The first-order valence-electron chi connectivity index (χ1n) is 7.08. The smallest absolute Gasteiger partial charge is 0.356 e. The zero-order valence-electron chi connectivity index (χ0n) is 12.3. The summed E-state index contributed by atoms with van der Waals surface area (Å²) in [5, 5.41) is 17.3. The Labute approximate surface area is 141 Å². The Bertz CT molecular complexity index is 837. The topological polar surface area (TPSA) is 81.1 Å². The van der Waals surface area contributed by atoms with E-state index in [1.54, 1.807) is 16.8 Å². The molecular weight excluding hydrogens is 338 g/mol. The normalized spacial score (nSPS) is 11.0. The molecule has 120 valence electrons. The molecule has 1 N–H and O–H groups in total. The number of aryl methyl sites for hydroxylation is 1. The molecule has 0 aromatic carbocycles. The molecule has 0 amide bonds. The average molecular weight is 352 g/mol. The zero-order chi connectivity index (χ0) is 16.4. The van der Waals surface area contributed by atoms with E-state index >= 15 is 0 Å². The third-order valence-electron chi connectivity index (χ3n) is 3.28. The van der Waals surface area contributed by atoms with Crippen molar-refractivity contribution in [1.82, 2.24) is 14.9 Å². The van der Waals surface area contributed by atoms with Crippen molar-refractivity contribution in [3.63, 3.8) is 0 Å². The number of carboxylic acid groups (broad SMARTS) is 1. The second-order valence-corrected chi connectivity index (χ2v) is 6.74. The third-order valence-corrected chi connectivity index (χ3v) is 4.52. The highest BCUT2D eigenvalue weighted by Gasteiger charge is 2.15. The fourth-order valence-electron chi connectivity index (χ4n) is 2.26. The summed E-state index contributed by atoms with van der Waals surface area (Å²) in [4.78, 5) is 12.0. The summed E-state index contributed by atoms with van der Waals surface area (Å²) in [6.07, 6.45) is 1.66. The number of hydrogen-bond donors (Lipinski definition) is 1. The van der Waals surface area contributed by atoms with Gasteiger partial charge in [-0.2, -0.15) is 5.10 Å². The van der Waals surface area contributed by atoms with Crippen LogP contribution in [0.1, 0.15) is 35.2 Å². The van der Waals surface area contributed by atoms with Crippen LogP contribution in [-0.2, 0) is 13.0 Å². The second-order valence-electron chi connectivity index (χ2n) is 5.02. The van der Waals surface area contributed by atoms with Gasteiger partial charge >= 0.3 is 5.97 Å². The number of aromatic nitrogens is 3. The fraction of sp³-hybridized carbons (Fsp3) is 0.267. The van der Waals surface area contributed by atoms with Crippen molar-refractivity contribution in [2.45, 2.75) is 26.3 Å². The van der Waals surface area contributed by atoms with Gasteiger partial charge in [0.15, 0.2) is 11.5 Å². The number of carboxylic acids is 1. The van der Waals surface area contributed by atoms with E-state index in [-0.39, 0.29) is 5.69 Å². The van der Waals surface area contributed by atoms with Crippen LogP contribution in [0.5, 0.6) is 0 Å². The van der Waals surface area contributed by atoms with Gasteiger partial charge in [-0.1, -0.05) is 30.1 Å². The minimum absolute atomic E-state index is 0.0437. The lowest BCUT2D eigenvalue weighted by atomic mass is 10.2. The monoisotopic (exact) mass is 351 g/mol. The Morgan fingerprint density at radius 2 is 2.26 bits per heavy atom. The van der Waals surface area contributed by atoms with Crippen molar-refractivity contribution in [1.29, 1.82) is 0 Å². The predicted molar refractivity (Wildman–Crippen MR) is 87.1 cm³/mol. The van der Waals surface area contributed by atoms with Crippen molar-refractivity contribution >= 4 is 28.9 Å². The summed E-state index contributed by atoms with van der Waals surface area (Å²) in [6.45, 7) is 2.40. The summed E-state index contributed by atoms with van der Waals surface area (Å²) in [7, 11) is 0. The summed E-state index contributed by atoms with van der Waals surface area (Å²) in [6, 6.07) is 7.10. The Morgan fingerprint density at radius 1 is 1.43 bits per heavy atom. The minimum atomic E-state index is -1.03. The molecule has 8 heteroatoms. The maximum atomic E-state index is 11.1. The van der Waals surface area contributed by atoms with E-state index in [2.05, 4.69) is 10.3 Å². The summed E-state index contributed by atoms with van der Waals surface area (Å²) in [5.74, 6) is -0.394. The standard InChI is InChI=1S/C15H14ClN3O3S/c1-2-3-10-7-11(15(20)21)17-19(10)8-9-6-12(22-18-9)13-4-5-14(16)23-13/h4-7H,2-3,8H2,1H3,(H,20,21). The van der Waals surface area contributed by atoms with Crippen LogP contribution in [0.2, 0.25) is 4.34 Å². The van der Waals surface area contributed by atoms with Gasteiger partial charge in [0.2, 0.25) is 0 Å². The lowest BCUT2D eigenvalue weighted by Gasteiger charge is -2.03. The molecule has 0 atom stereocenters. The van der Waals surface area contributed by atoms with E-state index in [0.717, 1.165) is 23.4 Å². The molecule has 3 rings (SSSR count). The Morgan fingerprint density at radius 3 is 2.91 bits per heavy atom. The van der Waals surface area contributed by atoms with Crippen LogP contribution < -0.4 is 0 Å². The van der Waals surface area contributed by atoms with Crippen molar-refractivity contribution < 1.29 is 14.4 Å². The summed E-state index contributed by atoms with van der Waals surface area (Å²) >= 11 is 7.33. The molecule has 0 aliphatic rings. The van der Waals surface area contributed by atoms with E-state index in [1.165, 1.54) is 11.3 Å². The van der Waals surface area contributed by atoms with Crippen molar-refractivity contribution in [2.75, 3.05) is 0 Å². The number of halogens is 1. The Balaban J connectivity index is 1.84. The van der Waals surface area contributed by atoms with Crippen LogP contribution in [0.4, 0.5) is 0 Å². The minimum Gasteiger partial charge on any atom is -0.476 e. The lowest BCUT2D eigenvalue weighted by molar-refractivity contribution is 0.0689. The van der Waals surface area contributed by atoms with Crippen molar-refractivity contribution in [3.8, 4) is 10.6 Å². The van der Waals surface area contributed by atoms with E-state index in [0.29, 0.717) is 22.3 Å². The lowest BCUT2D eigenvalue weighted by Crippen LogP contribution is -2.07. The average Bonchev–Trinajstić information content (AvgIpc) is 3.21. The van der Waals surface area contributed by atoms with Crippen LogP contribution in [0.25, 0.3) is 10.6 Å².